The van der Waals surface area contributed by atoms with E-state index in [1.165, 1.54) is 25.1 Å². The van der Waals surface area contributed by atoms with E-state index in [-0.39, 0.29) is 25.0 Å². The summed E-state index contributed by atoms with van der Waals surface area (Å²) in [5.41, 5.74) is -0.986. The first-order chi connectivity index (χ1) is 18.1. The minimum absolute atomic E-state index is 0.0244. The Labute approximate surface area is 221 Å². The summed E-state index contributed by atoms with van der Waals surface area (Å²) < 4.78 is 17.4. The number of likely N-dealkylation sites (N-methyl/N-ethyl adjacent to an activating group) is 1. The molecule has 38 heavy (non-hydrogen) atoms. The fraction of sp³-hybridized carbons (Fsp3) is 0.231. The molecule has 1 amide bonds. The first-order valence-corrected chi connectivity index (χ1v) is 11.8. The van der Waals surface area contributed by atoms with Crippen LogP contribution in [0, 0.1) is 0 Å². The van der Waals surface area contributed by atoms with E-state index >= 15 is 0 Å². The zero-order valence-corrected chi connectivity index (χ0v) is 21.5. The molecule has 0 saturated heterocycles. The van der Waals surface area contributed by atoms with E-state index in [0.717, 1.165) is 10.6 Å². The van der Waals surface area contributed by atoms with E-state index in [2.05, 4.69) is 0 Å². The van der Waals surface area contributed by atoms with Crippen LogP contribution >= 0.6 is 11.6 Å². The first kappa shape index (κ1) is 26.6. The lowest BCUT2D eigenvalue weighted by Crippen LogP contribution is -2.32. The molecule has 2 aromatic carbocycles. The number of H-pyrrole nitrogens is 1. The van der Waals surface area contributed by atoms with Gasteiger partial charge in [-0.3, -0.25) is 23.9 Å². The Bertz CT molecular complexity index is 1570. The summed E-state index contributed by atoms with van der Waals surface area (Å²) in [5, 5.41) is 10.5. The first-order valence-electron chi connectivity index (χ1n) is 11.4. The van der Waals surface area contributed by atoms with Crippen LogP contribution < -0.4 is 25.5 Å². The summed E-state index contributed by atoms with van der Waals surface area (Å²) in [6, 6.07) is 8.46. The average molecular weight is 542 g/mol. The fourth-order valence-electron chi connectivity index (χ4n) is 3.97. The topological polar surface area (TPSA) is 140 Å². The van der Waals surface area contributed by atoms with Crippen LogP contribution in [0.1, 0.15) is 31.8 Å². The van der Waals surface area contributed by atoms with Crippen molar-refractivity contribution >= 4 is 29.4 Å². The molecule has 1 aliphatic rings. The van der Waals surface area contributed by atoms with Crippen molar-refractivity contribution in [3.05, 3.63) is 84.5 Å². The van der Waals surface area contributed by atoms with Crippen molar-refractivity contribution in [3.8, 4) is 23.1 Å². The van der Waals surface area contributed by atoms with Crippen molar-refractivity contribution in [2.24, 2.45) is 7.05 Å². The summed E-state index contributed by atoms with van der Waals surface area (Å²) >= 11 is 6.17. The molecule has 0 bridgehead atoms. The molecule has 12 heteroatoms. The van der Waals surface area contributed by atoms with Crippen molar-refractivity contribution in [2.75, 3.05) is 27.5 Å². The molecule has 0 saturated carbocycles. The number of aromatic hydroxyl groups is 1. The second-order valence-electron chi connectivity index (χ2n) is 8.39. The minimum atomic E-state index is -1.02. The predicted octanol–water partition coefficient (Wildman–Crippen LogP) is 2.38. The second-order valence-corrected chi connectivity index (χ2v) is 8.79. The maximum atomic E-state index is 12.9. The minimum Gasteiger partial charge on any atom is -0.494 e. The number of amides is 1. The number of carbonyl (C=O) groups is 2. The molecule has 1 aliphatic heterocycles. The normalized spacial score (nSPS) is 12.1. The third-order valence-corrected chi connectivity index (χ3v) is 6.39. The number of fused-ring (bicyclic) bond motifs is 1. The Balaban J connectivity index is 1.67. The van der Waals surface area contributed by atoms with Gasteiger partial charge in [-0.05, 0) is 42.3 Å². The van der Waals surface area contributed by atoms with Crippen LogP contribution in [-0.2, 0) is 13.5 Å². The van der Waals surface area contributed by atoms with Crippen LogP contribution in [-0.4, -0.2) is 58.7 Å². The largest absolute Gasteiger partial charge is 0.494 e. The molecular weight excluding hydrogens is 518 g/mol. The number of hydrogen-bond donors (Lipinski definition) is 2. The Morgan fingerprint density at radius 2 is 2.00 bits per heavy atom. The van der Waals surface area contributed by atoms with Gasteiger partial charge in [0.1, 0.15) is 5.56 Å². The van der Waals surface area contributed by atoms with E-state index in [0.29, 0.717) is 39.6 Å². The zero-order chi connectivity index (χ0) is 27.6. The maximum Gasteiger partial charge on any atom is 0.330 e. The number of benzene rings is 2. The van der Waals surface area contributed by atoms with E-state index in [1.807, 2.05) is 4.98 Å². The number of halogens is 1. The number of ether oxygens (including phenoxy) is 3. The van der Waals surface area contributed by atoms with Crippen molar-refractivity contribution in [2.45, 2.75) is 6.42 Å². The summed E-state index contributed by atoms with van der Waals surface area (Å²) in [5.74, 6) is -0.793. The molecular formula is C26H24ClN3O8. The molecule has 3 aromatic rings. The monoisotopic (exact) mass is 541 g/mol. The Morgan fingerprint density at radius 3 is 2.71 bits per heavy atom. The van der Waals surface area contributed by atoms with Crippen molar-refractivity contribution in [3.63, 3.8) is 0 Å². The van der Waals surface area contributed by atoms with Crippen LogP contribution in [0.5, 0.6) is 23.1 Å². The van der Waals surface area contributed by atoms with Gasteiger partial charge in [-0.2, -0.15) is 0 Å². The number of allylic oxidation sites excluding steroid dienone is 1. The van der Waals surface area contributed by atoms with Gasteiger partial charge >= 0.3 is 5.69 Å². The van der Waals surface area contributed by atoms with Crippen LogP contribution in [0.15, 0.2) is 46.0 Å². The van der Waals surface area contributed by atoms with Gasteiger partial charge in [-0.1, -0.05) is 23.7 Å². The highest BCUT2D eigenvalue weighted by atomic mass is 35.5. The van der Waals surface area contributed by atoms with Crippen LogP contribution in [0.4, 0.5) is 0 Å². The Morgan fingerprint density at radius 1 is 1.26 bits per heavy atom. The highest BCUT2D eigenvalue weighted by molar-refractivity contribution is 6.33. The third-order valence-electron chi connectivity index (χ3n) is 6.06. The average Bonchev–Trinajstić information content (AvgIpc) is 3.36. The van der Waals surface area contributed by atoms with E-state index < -0.39 is 28.5 Å². The lowest BCUT2D eigenvalue weighted by Gasteiger charge is -2.20. The Kier molecular flexibility index (Phi) is 7.58. The maximum absolute atomic E-state index is 12.9. The van der Waals surface area contributed by atoms with Crippen LogP contribution in [0.3, 0.4) is 0 Å². The van der Waals surface area contributed by atoms with Gasteiger partial charge < -0.3 is 24.2 Å². The fourth-order valence-corrected chi connectivity index (χ4v) is 4.19. The van der Waals surface area contributed by atoms with Crippen LogP contribution in [0.25, 0.3) is 6.08 Å². The highest BCUT2D eigenvalue weighted by Crippen LogP contribution is 2.45. The molecule has 0 aliphatic carbocycles. The highest BCUT2D eigenvalue weighted by Gasteiger charge is 2.25. The number of carbonyl (C=O) groups excluding carboxylic acids is 2. The van der Waals surface area contributed by atoms with Gasteiger partial charge in [0.15, 0.2) is 17.3 Å². The molecule has 0 spiro atoms. The lowest BCUT2D eigenvalue weighted by molar-refractivity contribution is 0.0796. The van der Waals surface area contributed by atoms with Crippen molar-refractivity contribution < 1.29 is 28.9 Å². The number of aromatic nitrogens is 2. The number of hydrogen-bond acceptors (Lipinski definition) is 8. The van der Waals surface area contributed by atoms with Gasteiger partial charge in [-0.15, -0.1) is 0 Å². The number of nitrogens with zero attached hydrogens (tertiary/aromatic N) is 2. The Hall–Kier alpha value is -4.51. The molecule has 1 aromatic heterocycles. The molecule has 0 unspecified atom stereocenters. The summed E-state index contributed by atoms with van der Waals surface area (Å²) in [6.07, 6.45) is 2.83. The van der Waals surface area contributed by atoms with Crippen molar-refractivity contribution in [1.29, 1.82) is 0 Å². The molecule has 0 fully saturated rings. The third kappa shape index (κ3) is 5.00. The molecule has 2 heterocycles. The molecule has 11 nitrogen and oxygen atoms in total. The second kappa shape index (κ2) is 10.9. The number of nitrogens with one attached hydrogen (secondary N) is 1. The number of aromatic amines is 1. The summed E-state index contributed by atoms with van der Waals surface area (Å²) in [4.78, 5) is 53.1. The van der Waals surface area contributed by atoms with Crippen LogP contribution in [0.2, 0.25) is 5.02 Å². The van der Waals surface area contributed by atoms with Gasteiger partial charge in [-0.25, -0.2) is 4.79 Å². The lowest BCUT2D eigenvalue weighted by atomic mass is 10.00. The number of ketones is 1. The van der Waals surface area contributed by atoms with E-state index in [1.54, 1.807) is 37.4 Å². The van der Waals surface area contributed by atoms with Gasteiger partial charge in [0.2, 0.25) is 18.4 Å². The zero-order valence-electron chi connectivity index (χ0n) is 20.7. The van der Waals surface area contributed by atoms with Crippen molar-refractivity contribution in [1.82, 2.24) is 14.5 Å². The van der Waals surface area contributed by atoms with Gasteiger partial charge in [0.25, 0.3) is 11.5 Å². The predicted molar refractivity (Wildman–Crippen MR) is 139 cm³/mol. The molecule has 0 atom stereocenters. The number of methoxy groups -OCH3 is 1. The van der Waals surface area contributed by atoms with E-state index in [4.69, 9.17) is 25.8 Å². The summed E-state index contributed by atoms with van der Waals surface area (Å²) in [6.45, 7) is 0.256. The SMILES string of the molecule is COc1c(/C=C/C(=O)c2c(O)n(C)c(=O)[nH]c2=O)c(CCN(C)C(=O)c2ccccc2Cl)cc2c1OCO2. The standard InChI is InChI=1S/C26H24ClN3O8/c1-29(24(33)16-6-4-5-7-17(16)27)11-10-14-12-19-22(38-13-37-19)21(36-3)15(14)8-9-18(31)20-23(32)28-26(35)30(2)25(20)34/h4-9,12,34H,10-11,13H2,1-3H3,(H,28,32,35)/b9-8+. The molecule has 0 radical (unpaired) electrons. The van der Waals surface area contributed by atoms with Gasteiger partial charge in [0.05, 0.1) is 17.7 Å². The number of rotatable bonds is 8. The quantitative estimate of drug-likeness (QED) is 0.327. The van der Waals surface area contributed by atoms with E-state index in [9.17, 15) is 24.3 Å². The smallest absolute Gasteiger partial charge is 0.330 e. The molecule has 2 N–H and O–H groups in total. The molecule has 4 rings (SSSR count). The summed E-state index contributed by atoms with van der Waals surface area (Å²) in [7, 11) is 4.29. The van der Waals surface area contributed by atoms with Gasteiger partial charge in [0, 0.05) is 26.2 Å². The molecule has 198 valence electrons.